The molecular weight excluding hydrogens is 316 g/mol. The lowest BCUT2D eigenvalue weighted by Gasteiger charge is -2.09. The summed E-state index contributed by atoms with van der Waals surface area (Å²) in [5.41, 5.74) is 1.57. The summed E-state index contributed by atoms with van der Waals surface area (Å²) in [5.74, 6) is -0.735. The average Bonchev–Trinajstić information content (AvgIpc) is 2.86. The van der Waals surface area contributed by atoms with Gasteiger partial charge in [0.2, 0.25) is 0 Å². The Labute approximate surface area is 115 Å². The number of nitrogens with zero attached hydrogens (tertiary/aromatic N) is 1. The maximum Gasteiger partial charge on any atom is 0.165 e. The largest absolute Gasteiger partial charge is 0.354 e. The minimum atomic E-state index is -0.417. The number of aromatic amines is 1. The summed E-state index contributed by atoms with van der Waals surface area (Å²) >= 11 is 3.20. The standard InChI is InChI=1S/C13H8BrF2N3/c14-11-10(18-9-3-1-8(15)2-4-9)5-7-6-17-19-13(7)12(11)16/h1-6,18H,(H,17,19). The number of halogens is 3. The number of H-pyrrole nitrogens is 1. The molecule has 0 aliphatic heterocycles. The Balaban J connectivity index is 2.05. The highest BCUT2D eigenvalue weighted by Crippen LogP contribution is 2.33. The number of hydrogen-bond acceptors (Lipinski definition) is 2. The van der Waals surface area contributed by atoms with E-state index in [0.29, 0.717) is 26.8 Å². The van der Waals surface area contributed by atoms with Crippen molar-refractivity contribution in [1.29, 1.82) is 0 Å². The first-order valence-electron chi connectivity index (χ1n) is 5.49. The highest BCUT2D eigenvalue weighted by molar-refractivity contribution is 9.10. The van der Waals surface area contributed by atoms with Gasteiger partial charge in [0.25, 0.3) is 0 Å². The van der Waals surface area contributed by atoms with E-state index in [-0.39, 0.29) is 5.82 Å². The van der Waals surface area contributed by atoms with Crippen LogP contribution in [0.4, 0.5) is 20.2 Å². The number of hydrogen-bond donors (Lipinski definition) is 2. The van der Waals surface area contributed by atoms with Gasteiger partial charge in [-0.25, -0.2) is 8.78 Å². The summed E-state index contributed by atoms with van der Waals surface area (Å²) in [5, 5.41) is 10.1. The van der Waals surface area contributed by atoms with E-state index in [2.05, 4.69) is 31.4 Å². The van der Waals surface area contributed by atoms with Gasteiger partial charge in [-0.3, -0.25) is 5.10 Å². The van der Waals surface area contributed by atoms with Crippen LogP contribution < -0.4 is 5.32 Å². The highest BCUT2D eigenvalue weighted by Gasteiger charge is 2.12. The molecule has 0 bridgehead atoms. The highest BCUT2D eigenvalue weighted by atomic mass is 79.9. The van der Waals surface area contributed by atoms with E-state index in [0.717, 1.165) is 0 Å². The Bertz CT molecular complexity index is 737. The predicted molar refractivity (Wildman–Crippen MR) is 73.4 cm³/mol. The smallest absolute Gasteiger partial charge is 0.165 e. The Morgan fingerprint density at radius 2 is 1.89 bits per heavy atom. The molecular formula is C13H8BrF2N3. The molecule has 0 atom stereocenters. The lowest BCUT2D eigenvalue weighted by atomic mass is 10.2. The van der Waals surface area contributed by atoms with Crippen LogP contribution in [0.3, 0.4) is 0 Å². The van der Waals surface area contributed by atoms with Gasteiger partial charge in [-0.05, 0) is 46.3 Å². The van der Waals surface area contributed by atoms with E-state index in [9.17, 15) is 8.78 Å². The van der Waals surface area contributed by atoms with Crippen LogP contribution in [0, 0.1) is 11.6 Å². The number of aromatic nitrogens is 2. The SMILES string of the molecule is Fc1ccc(Nc2cc3cn[nH]c3c(F)c2Br)cc1. The van der Waals surface area contributed by atoms with Crippen molar-refractivity contribution < 1.29 is 8.78 Å². The molecule has 1 heterocycles. The monoisotopic (exact) mass is 323 g/mol. The summed E-state index contributed by atoms with van der Waals surface area (Å²) in [6.07, 6.45) is 1.54. The topological polar surface area (TPSA) is 40.7 Å². The van der Waals surface area contributed by atoms with Crippen LogP contribution in [-0.4, -0.2) is 10.2 Å². The lowest BCUT2D eigenvalue weighted by molar-refractivity contribution is 0.627. The van der Waals surface area contributed by atoms with Gasteiger partial charge in [0.05, 0.1) is 16.4 Å². The Kier molecular flexibility index (Phi) is 2.94. The Morgan fingerprint density at radius 3 is 2.63 bits per heavy atom. The van der Waals surface area contributed by atoms with Crippen LogP contribution in [-0.2, 0) is 0 Å². The molecule has 0 aliphatic carbocycles. The number of fused-ring (bicyclic) bond motifs is 1. The van der Waals surface area contributed by atoms with E-state index in [1.54, 1.807) is 24.4 Å². The molecule has 3 nitrogen and oxygen atoms in total. The molecule has 0 fully saturated rings. The third-order valence-corrected chi connectivity index (χ3v) is 3.52. The van der Waals surface area contributed by atoms with Gasteiger partial charge >= 0.3 is 0 Å². The number of rotatable bonds is 2. The first kappa shape index (κ1) is 12.1. The second-order valence-corrected chi connectivity index (χ2v) is 4.81. The van der Waals surface area contributed by atoms with Gasteiger partial charge in [0.1, 0.15) is 11.3 Å². The van der Waals surface area contributed by atoms with E-state index in [1.807, 2.05) is 0 Å². The summed E-state index contributed by atoms with van der Waals surface area (Å²) in [6.45, 7) is 0. The molecule has 0 spiro atoms. The third kappa shape index (κ3) is 2.19. The van der Waals surface area contributed by atoms with Crippen molar-refractivity contribution in [3.05, 3.63) is 52.6 Å². The van der Waals surface area contributed by atoms with Crippen molar-refractivity contribution in [3.63, 3.8) is 0 Å². The summed E-state index contributed by atoms with van der Waals surface area (Å²) in [4.78, 5) is 0. The van der Waals surface area contributed by atoms with Gasteiger partial charge < -0.3 is 5.32 Å². The molecule has 6 heteroatoms. The molecule has 3 rings (SSSR count). The van der Waals surface area contributed by atoms with Crippen molar-refractivity contribution in [3.8, 4) is 0 Å². The average molecular weight is 324 g/mol. The summed E-state index contributed by atoms with van der Waals surface area (Å²) < 4.78 is 27.2. The van der Waals surface area contributed by atoms with Crippen molar-refractivity contribution in [2.45, 2.75) is 0 Å². The van der Waals surface area contributed by atoms with Crippen LogP contribution in [0.25, 0.3) is 10.9 Å². The zero-order chi connectivity index (χ0) is 13.4. The molecule has 3 aromatic rings. The number of nitrogens with one attached hydrogen (secondary N) is 2. The van der Waals surface area contributed by atoms with Gasteiger partial charge in [0, 0.05) is 11.1 Å². The fourth-order valence-corrected chi connectivity index (χ4v) is 2.22. The fraction of sp³-hybridized carbons (Fsp3) is 0. The molecule has 2 N–H and O–H groups in total. The van der Waals surface area contributed by atoms with Crippen LogP contribution in [0.2, 0.25) is 0 Å². The Hall–Kier alpha value is -1.95. The molecule has 0 unspecified atom stereocenters. The van der Waals surface area contributed by atoms with E-state index in [1.165, 1.54) is 12.1 Å². The van der Waals surface area contributed by atoms with Crippen molar-refractivity contribution in [1.82, 2.24) is 10.2 Å². The maximum absolute atomic E-state index is 14.0. The molecule has 0 amide bonds. The fourth-order valence-electron chi connectivity index (χ4n) is 1.81. The Morgan fingerprint density at radius 1 is 1.16 bits per heavy atom. The third-order valence-electron chi connectivity index (χ3n) is 2.74. The van der Waals surface area contributed by atoms with E-state index in [4.69, 9.17) is 0 Å². The number of benzene rings is 2. The summed E-state index contributed by atoms with van der Waals surface area (Å²) in [6, 6.07) is 7.60. The minimum absolute atomic E-state index is 0.300. The molecule has 19 heavy (non-hydrogen) atoms. The van der Waals surface area contributed by atoms with Crippen molar-refractivity contribution in [2.24, 2.45) is 0 Å². The molecule has 0 saturated carbocycles. The zero-order valence-electron chi connectivity index (χ0n) is 9.55. The van der Waals surface area contributed by atoms with E-state index >= 15 is 0 Å². The van der Waals surface area contributed by atoms with Crippen LogP contribution in [0.15, 0.2) is 41.0 Å². The van der Waals surface area contributed by atoms with Crippen molar-refractivity contribution in [2.75, 3.05) is 5.32 Å². The van der Waals surface area contributed by atoms with E-state index < -0.39 is 5.82 Å². The minimum Gasteiger partial charge on any atom is -0.354 e. The van der Waals surface area contributed by atoms with Gasteiger partial charge in [-0.2, -0.15) is 5.10 Å². The molecule has 1 aromatic heterocycles. The van der Waals surface area contributed by atoms with Gasteiger partial charge in [-0.15, -0.1) is 0 Å². The zero-order valence-corrected chi connectivity index (χ0v) is 11.1. The number of anilines is 2. The molecule has 2 aromatic carbocycles. The molecule has 96 valence electrons. The van der Waals surface area contributed by atoms with Crippen molar-refractivity contribution >= 4 is 38.2 Å². The first-order valence-corrected chi connectivity index (χ1v) is 6.28. The van der Waals surface area contributed by atoms with Gasteiger partial charge in [0.15, 0.2) is 5.82 Å². The summed E-state index contributed by atoms with van der Waals surface area (Å²) in [7, 11) is 0. The predicted octanol–water partition coefficient (Wildman–Crippen LogP) is 4.35. The maximum atomic E-state index is 14.0. The molecule has 0 saturated heterocycles. The van der Waals surface area contributed by atoms with Gasteiger partial charge in [-0.1, -0.05) is 0 Å². The van der Waals surface area contributed by atoms with Crippen LogP contribution >= 0.6 is 15.9 Å². The lowest BCUT2D eigenvalue weighted by Crippen LogP contribution is -1.94. The second-order valence-electron chi connectivity index (χ2n) is 4.02. The quantitative estimate of drug-likeness (QED) is 0.736. The normalized spacial score (nSPS) is 10.9. The van der Waals surface area contributed by atoms with Crippen LogP contribution in [0.5, 0.6) is 0 Å². The van der Waals surface area contributed by atoms with Crippen LogP contribution in [0.1, 0.15) is 0 Å². The first-order chi connectivity index (χ1) is 9.15. The molecule has 0 aliphatic rings. The molecule has 0 radical (unpaired) electrons. The second kappa shape index (κ2) is 4.62.